The first kappa shape index (κ1) is 17.2. The van der Waals surface area contributed by atoms with Crippen LogP contribution in [-0.4, -0.2) is 37.5 Å². The Morgan fingerprint density at radius 2 is 1.82 bits per heavy atom. The summed E-state index contributed by atoms with van der Waals surface area (Å²) >= 11 is 0. The van der Waals surface area contributed by atoms with Gasteiger partial charge < -0.3 is 15.4 Å². The first-order valence-corrected chi connectivity index (χ1v) is 6.77. The van der Waals surface area contributed by atoms with Crippen molar-refractivity contribution in [3.8, 4) is 6.07 Å². The first-order valence-electron chi connectivity index (χ1n) is 6.77. The molecule has 0 aliphatic carbocycles. The fourth-order valence-electron chi connectivity index (χ4n) is 1.45. The number of nitriles is 1. The Kier molecular flexibility index (Phi) is 7.13. The molecule has 7 nitrogen and oxygen atoms in total. The van der Waals surface area contributed by atoms with E-state index >= 15 is 0 Å². The van der Waals surface area contributed by atoms with Crippen LogP contribution in [0, 0.1) is 11.3 Å². The van der Waals surface area contributed by atoms with E-state index in [0.29, 0.717) is 12.1 Å². The van der Waals surface area contributed by atoms with Gasteiger partial charge in [-0.05, 0) is 30.7 Å². The molecule has 0 spiro atoms. The Hall–Kier alpha value is -2.88. The summed E-state index contributed by atoms with van der Waals surface area (Å²) in [6.07, 6.45) is 0.807. The molecule has 0 aromatic heterocycles. The number of benzene rings is 1. The number of nitrogens with zero attached hydrogens (tertiary/aromatic N) is 1. The molecule has 0 bridgehead atoms. The van der Waals surface area contributed by atoms with Crippen molar-refractivity contribution >= 4 is 17.8 Å². The highest BCUT2D eigenvalue weighted by Gasteiger charge is 2.11. The maximum atomic E-state index is 11.7. The predicted octanol–water partition coefficient (Wildman–Crippen LogP) is 0.357. The summed E-state index contributed by atoms with van der Waals surface area (Å²) in [5.41, 5.74) is 0.667. The average Bonchev–Trinajstić information content (AvgIpc) is 2.55. The number of nitrogens with one attached hydrogen (secondary N) is 2. The van der Waals surface area contributed by atoms with E-state index in [1.165, 1.54) is 24.3 Å². The van der Waals surface area contributed by atoms with E-state index in [2.05, 4.69) is 10.6 Å². The number of hydrogen-bond donors (Lipinski definition) is 2. The van der Waals surface area contributed by atoms with E-state index in [1.54, 1.807) is 0 Å². The zero-order chi connectivity index (χ0) is 16.4. The van der Waals surface area contributed by atoms with Crippen LogP contribution >= 0.6 is 0 Å². The van der Waals surface area contributed by atoms with Crippen molar-refractivity contribution < 1.29 is 19.1 Å². The van der Waals surface area contributed by atoms with Gasteiger partial charge in [0.05, 0.1) is 23.7 Å². The fraction of sp³-hybridized carbons (Fsp3) is 0.333. The molecule has 1 aromatic rings. The normalized spacial score (nSPS) is 9.45. The predicted molar refractivity (Wildman–Crippen MR) is 77.7 cm³/mol. The van der Waals surface area contributed by atoms with Crippen LogP contribution in [0.3, 0.4) is 0 Å². The molecule has 0 saturated heterocycles. The number of ether oxygens (including phenoxy) is 1. The zero-order valence-corrected chi connectivity index (χ0v) is 12.2. The third-order valence-electron chi connectivity index (χ3n) is 2.60. The van der Waals surface area contributed by atoms with E-state index in [0.717, 1.165) is 6.42 Å². The molecule has 116 valence electrons. The topological polar surface area (TPSA) is 108 Å². The average molecular weight is 303 g/mol. The van der Waals surface area contributed by atoms with E-state index in [1.807, 2.05) is 13.0 Å². The molecule has 2 N–H and O–H groups in total. The molecule has 0 aliphatic heterocycles. The van der Waals surface area contributed by atoms with Crippen molar-refractivity contribution in [2.24, 2.45) is 0 Å². The van der Waals surface area contributed by atoms with Crippen LogP contribution in [0.5, 0.6) is 0 Å². The van der Waals surface area contributed by atoms with Crippen molar-refractivity contribution in [2.75, 3.05) is 19.7 Å². The van der Waals surface area contributed by atoms with Gasteiger partial charge in [0, 0.05) is 6.54 Å². The van der Waals surface area contributed by atoms with Gasteiger partial charge in [-0.1, -0.05) is 6.92 Å². The number of hydrogen-bond acceptors (Lipinski definition) is 5. The second-order valence-electron chi connectivity index (χ2n) is 4.39. The quantitative estimate of drug-likeness (QED) is 0.707. The molecule has 0 atom stereocenters. The molecule has 1 rings (SSSR count). The fourth-order valence-corrected chi connectivity index (χ4v) is 1.45. The molecule has 1 aromatic carbocycles. The lowest BCUT2D eigenvalue weighted by atomic mass is 10.1. The van der Waals surface area contributed by atoms with Crippen molar-refractivity contribution in [1.29, 1.82) is 5.26 Å². The van der Waals surface area contributed by atoms with Crippen LogP contribution in [0.4, 0.5) is 0 Å². The molecular formula is C15H17N3O4. The molecule has 0 unspecified atom stereocenters. The molecule has 22 heavy (non-hydrogen) atoms. The summed E-state index contributed by atoms with van der Waals surface area (Å²) < 4.78 is 4.81. The number of carbonyl (C=O) groups excluding carboxylic acids is 3. The first-order chi connectivity index (χ1) is 10.6. The van der Waals surface area contributed by atoms with E-state index in [9.17, 15) is 14.4 Å². The Bertz CT molecular complexity index is 575. The molecule has 7 heteroatoms. The van der Waals surface area contributed by atoms with E-state index < -0.39 is 18.5 Å². The van der Waals surface area contributed by atoms with Crippen LogP contribution < -0.4 is 10.6 Å². The Morgan fingerprint density at radius 1 is 1.14 bits per heavy atom. The summed E-state index contributed by atoms with van der Waals surface area (Å²) in [6, 6.07) is 7.78. The maximum Gasteiger partial charge on any atom is 0.338 e. The maximum absolute atomic E-state index is 11.7. The molecule has 0 heterocycles. The van der Waals surface area contributed by atoms with Gasteiger partial charge in [-0.2, -0.15) is 5.26 Å². The molecule has 2 amide bonds. The number of rotatable bonds is 7. The number of amides is 2. The number of carbonyl (C=O) groups is 3. The van der Waals surface area contributed by atoms with Crippen molar-refractivity contribution in [2.45, 2.75) is 13.3 Å². The Balaban J connectivity index is 2.32. The highest BCUT2D eigenvalue weighted by molar-refractivity contribution is 5.92. The molecular weight excluding hydrogens is 286 g/mol. The van der Waals surface area contributed by atoms with Crippen molar-refractivity contribution in [1.82, 2.24) is 10.6 Å². The lowest BCUT2D eigenvalue weighted by Gasteiger charge is -2.07. The van der Waals surface area contributed by atoms with Crippen LogP contribution in [-0.2, 0) is 14.3 Å². The van der Waals surface area contributed by atoms with Gasteiger partial charge in [-0.15, -0.1) is 0 Å². The Labute approximate surface area is 128 Å². The second kappa shape index (κ2) is 9.13. The summed E-state index contributed by atoms with van der Waals surface area (Å²) in [5.74, 6) is -1.53. The third kappa shape index (κ3) is 6.05. The highest BCUT2D eigenvalue weighted by Crippen LogP contribution is 2.04. The van der Waals surface area contributed by atoms with Gasteiger partial charge >= 0.3 is 5.97 Å². The Morgan fingerprint density at radius 3 is 2.41 bits per heavy atom. The zero-order valence-electron chi connectivity index (χ0n) is 12.2. The van der Waals surface area contributed by atoms with Gasteiger partial charge in [0.25, 0.3) is 5.91 Å². The summed E-state index contributed by atoms with van der Waals surface area (Å²) in [5, 5.41) is 13.6. The van der Waals surface area contributed by atoms with Gasteiger partial charge in [-0.3, -0.25) is 9.59 Å². The summed E-state index contributed by atoms with van der Waals surface area (Å²) in [6.45, 7) is 1.83. The third-order valence-corrected chi connectivity index (χ3v) is 2.60. The molecule has 0 fully saturated rings. The van der Waals surface area contributed by atoms with Crippen LogP contribution in [0.1, 0.15) is 29.3 Å². The standard InChI is InChI=1S/C15H17N3O4/c1-2-7-17-13(19)9-18-14(20)10-22-15(21)12-5-3-11(8-16)4-6-12/h3-6H,2,7,9-10H2,1H3,(H,17,19)(H,18,20). The second-order valence-corrected chi connectivity index (χ2v) is 4.39. The largest absolute Gasteiger partial charge is 0.452 e. The van der Waals surface area contributed by atoms with Crippen molar-refractivity contribution in [3.05, 3.63) is 35.4 Å². The van der Waals surface area contributed by atoms with Crippen LogP contribution in [0.15, 0.2) is 24.3 Å². The molecule has 0 saturated carbocycles. The van der Waals surface area contributed by atoms with Crippen LogP contribution in [0.2, 0.25) is 0 Å². The minimum absolute atomic E-state index is 0.159. The minimum Gasteiger partial charge on any atom is -0.452 e. The lowest BCUT2D eigenvalue weighted by Crippen LogP contribution is -2.38. The summed E-state index contributed by atoms with van der Waals surface area (Å²) in [7, 11) is 0. The summed E-state index contributed by atoms with van der Waals surface area (Å²) in [4.78, 5) is 34.4. The minimum atomic E-state index is -0.671. The van der Waals surface area contributed by atoms with Gasteiger partial charge in [0.1, 0.15) is 0 Å². The highest BCUT2D eigenvalue weighted by atomic mass is 16.5. The van der Waals surface area contributed by atoms with Gasteiger partial charge in [0.2, 0.25) is 5.91 Å². The number of esters is 1. The monoisotopic (exact) mass is 303 g/mol. The van der Waals surface area contributed by atoms with E-state index in [4.69, 9.17) is 10.00 Å². The molecule has 0 radical (unpaired) electrons. The van der Waals surface area contributed by atoms with Crippen molar-refractivity contribution in [3.63, 3.8) is 0 Å². The van der Waals surface area contributed by atoms with Gasteiger partial charge in [0.15, 0.2) is 6.61 Å². The van der Waals surface area contributed by atoms with E-state index in [-0.39, 0.29) is 18.0 Å². The lowest BCUT2D eigenvalue weighted by molar-refractivity contribution is -0.127. The van der Waals surface area contributed by atoms with Crippen LogP contribution in [0.25, 0.3) is 0 Å². The SMILES string of the molecule is CCCNC(=O)CNC(=O)COC(=O)c1ccc(C#N)cc1. The smallest absolute Gasteiger partial charge is 0.338 e. The van der Waals surface area contributed by atoms with Gasteiger partial charge in [-0.25, -0.2) is 4.79 Å². The molecule has 0 aliphatic rings.